The molecule has 0 saturated carbocycles. The number of likely N-dealkylation sites (N-methyl/N-ethyl adjacent to an activating group) is 1. The topological polar surface area (TPSA) is 56.7 Å². The van der Waals surface area contributed by atoms with Crippen molar-refractivity contribution in [1.29, 1.82) is 0 Å². The third kappa shape index (κ3) is 8.37. The zero-order valence-corrected chi connectivity index (χ0v) is 17.2. The second-order valence-electron chi connectivity index (χ2n) is 6.02. The molecule has 2 N–H and O–H groups in total. The number of rotatable bonds is 8. The molecule has 2 rings (SSSR count). The van der Waals surface area contributed by atoms with Crippen LogP contribution < -0.4 is 10.6 Å². The van der Waals surface area contributed by atoms with Crippen molar-refractivity contribution >= 4 is 35.2 Å². The number of halogens is 1. The van der Waals surface area contributed by atoms with Gasteiger partial charge < -0.3 is 15.5 Å². The number of amides is 1. The van der Waals surface area contributed by atoms with E-state index in [0.29, 0.717) is 12.5 Å². The Morgan fingerprint density at radius 2 is 1.78 bits per heavy atom. The lowest BCUT2D eigenvalue weighted by Crippen LogP contribution is -2.43. The Bertz CT molecular complexity index is 735. The molecule has 5 nitrogen and oxygen atoms in total. The molecule has 0 aliphatic rings. The Morgan fingerprint density at radius 1 is 1.07 bits per heavy atom. The molecular formula is C20H25ClN4OS. The highest BCUT2D eigenvalue weighted by atomic mass is 35.5. The van der Waals surface area contributed by atoms with Crippen LogP contribution in [0.15, 0.2) is 64.5 Å². The highest BCUT2D eigenvalue weighted by Gasteiger charge is 2.06. The van der Waals surface area contributed by atoms with Crippen molar-refractivity contribution in [3.8, 4) is 0 Å². The van der Waals surface area contributed by atoms with Gasteiger partial charge in [-0.2, -0.15) is 0 Å². The van der Waals surface area contributed by atoms with Crippen LogP contribution in [-0.2, 0) is 11.3 Å². The minimum Gasteiger partial charge on any atom is -0.356 e. The van der Waals surface area contributed by atoms with E-state index in [1.165, 1.54) is 4.90 Å². The number of thioether (sulfide) groups is 1. The fourth-order valence-electron chi connectivity index (χ4n) is 2.11. The first-order chi connectivity index (χ1) is 13.0. The second kappa shape index (κ2) is 11.5. The third-order valence-corrected chi connectivity index (χ3v) is 4.91. The monoisotopic (exact) mass is 404 g/mol. The summed E-state index contributed by atoms with van der Waals surface area (Å²) in [6.07, 6.45) is 0. The van der Waals surface area contributed by atoms with Crippen LogP contribution >= 0.6 is 23.4 Å². The van der Waals surface area contributed by atoms with Crippen molar-refractivity contribution in [3.63, 3.8) is 0 Å². The summed E-state index contributed by atoms with van der Waals surface area (Å²) in [5, 5.41) is 7.12. The summed E-state index contributed by atoms with van der Waals surface area (Å²) in [5.41, 5.74) is 1.12. The summed E-state index contributed by atoms with van der Waals surface area (Å²) in [4.78, 5) is 19.1. The lowest BCUT2D eigenvalue weighted by molar-refractivity contribution is -0.127. The SMILES string of the molecule is CN(C)C(=O)CNC(=NCc1ccccc1)NCCSc1ccc(Cl)cc1. The lowest BCUT2D eigenvalue weighted by Gasteiger charge is -2.15. The van der Waals surface area contributed by atoms with Gasteiger partial charge in [-0.05, 0) is 29.8 Å². The first-order valence-corrected chi connectivity index (χ1v) is 10.1. The Labute approximate surface area is 170 Å². The molecule has 144 valence electrons. The van der Waals surface area contributed by atoms with Gasteiger partial charge in [-0.15, -0.1) is 11.8 Å². The number of hydrogen-bond acceptors (Lipinski definition) is 3. The highest BCUT2D eigenvalue weighted by Crippen LogP contribution is 2.19. The van der Waals surface area contributed by atoms with Crippen LogP contribution in [0.4, 0.5) is 0 Å². The molecule has 0 heterocycles. The first kappa shape index (κ1) is 21.1. The van der Waals surface area contributed by atoms with E-state index >= 15 is 0 Å². The molecule has 0 aliphatic carbocycles. The molecule has 0 aliphatic heterocycles. The summed E-state index contributed by atoms with van der Waals surface area (Å²) >= 11 is 7.64. The first-order valence-electron chi connectivity index (χ1n) is 8.69. The average molecular weight is 405 g/mol. The highest BCUT2D eigenvalue weighted by molar-refractivity contribution is 7.99. The largest absolute Gasteiger partial charge is 0.356 e. The number of guanidine groups is 1. The minimum atomic E-state index is -0.000231. The summed E-state index contributed by atoms with van der Waals surface area (Å²) in [6.45, 7) is 1.48. The molecule has 0 bridgehead atoms. The van der Waals surface area contributed by atoms with Crippen molar-refractivity contribution in [1.82, 2.24) is 15.5 Å². The van der Waals surface area contributed by atoms with Gasteiger partial charge in [-0.1, -0.05) is 41.9 Å². The normalized spacial score (nSPS) is 11.1. The molecule has 0 fully saturated rings. The van der Waals surface area contributed by atoms with Gasteiger partial charge in [-0.3, -0.25) is 4.79 Å². The van der Waals surface area contributed by atoms with Crippen LogP contribution in [0.5, 0.6) is 0 Å². The molecule has 2 aromatic carbocycles. The molecule has 7 heteroatoms. The summed E-state index contributed by atoms with van der Waals surface area (Å²) in [6, 6.07) is 17.8. The molecular weight excluding hydrogens is 380 g/mol. The second-order valence-corrected chi connectivity index (χ2v) is 7.63. The third-order valence-electron chi connectivity index (χ3n) is 3.65. The van der Waals surface area contributed by atoms with Gasteiger partial charge in [0.05, 0.1) is 13.1 Å². The Balaban J connectivity index is 1.86. The minimum absolute atomic E-state index is 0.000231. The van der Waals surface area contributed by atoms with Gasteiger partial charge in [-0.25, -0.2) is 4.99 Å². The Hall–Kier alpha value is -2.18. The van der Waals surface area contributed by atoms with Crippen molar-refractivity contribution in [2.24, 2.45) is 4.99 Å². The van der Waals surface area contributed by atoms with E-state index in [2.05, 4.69) is 15.6 Å². The molecule has 0 saturated heterocycles. The molecule has 1 amide bonds. The summed E-state index contributed by atoms with van der Waals surface area (Å²) < 4.78 is 0. The van der Waals surface area contributed by atoms with Gasteiger partial charge in [0.1, 0.15) is 0 Å². The van der Waals surface area contributed by atoms with Crippen molar-refractivity contribution in [3.05, 3.63) is 65.2 Å². The fraction of sp³-hybridized carbons (Fsp3) is 0.300. The standard InChI is InChI=1S/C20H25ClN4OS/c1-25(2)19(26)15-24-20(23-14-16-6-4-3-5-7-16)22-12-13-27-18-10-8-17(21)9-11-18/h3-11H,12-15H2,1-2H3,(H2,22,23,24). The molecule has 27 heavy (non-hydrogen) atoms. The van der Waals surface area contributed by atoms with Gasteiger partial charge >= 0.3 is 0 Å². The van der Waals surface area contributed by atoms with Crippen LogP contribution in [0.1, 0.15) is 5.56 Å². The maximum Gasteiger partial charge on any atom is 0.241 e. The quantitative estimate of drug-likeness (QED) is 0.307. The van der Waals surface area contributed by atoms with Crippen molar-refractivity contribution in [2.45, 2.75) is 11.4 Å². The number of benzene rings is 2. The number of hydrogen-bond donors (Lipinski definition) is 2. The van der Waals surface area contributed by atoms with Crippen LogP contribution in [0.25, 0.3) is 0 Å². The summed E-state index contributed by atoms with van der Waals surface area (Å²) in [7, 11) is 3.47. The molecule has 0 aromatic heterocycles. The molecule has 0 spiro atoms. The fourth-order valence-corrected chi connectivity index (χ4v) is 3.01. The molecule has 2 aromatic rings. The summed E-state index contributed by atoms with van der Waals surface area (Å²) in [5.74, 6) is 1.50. The van der Waals surface area contributed by atoms with E-state index in [1.807, 2.05) is 54.6 Å². The molecule has 0 unspecified atom stereocenters. The van der Waals surface area contributed by atoms with Crippen LogP contribution in [-0.4, -0.2) is 49.7 Å². The van der Waals surface area contributed by atoms with Crippen LogP contribution in [0.2, 0.25) is 5.02 Å². The van der Waals surface area contributed by atoms with E-state index < -0.39 is 0 Å². The van der Waals surface area contributed by atoms with E-state index in [0.717, 1.165) is 22.9 Å². The lowest BCUT2D eigenvalue weighted by atomic mass is 10.2. The van der Waals surface area contributed by atoms with Crippen molar-refractivity contribution in [2.75, 3.05) is 32.9 Å². The van der Waals surface area contributed by atoms with Gasteiger partial charge in [0, 0.05) is 36.3 Å². The number of nitrogens with zero attached hydrogens (tertiary/aromatic N) is 2. The van der Waals surface area contributed by atoms with E-state index in [9.17, 15) is 4.79 Å². The number of nitrogens with one attached hydrogen (secondary N) is 2. The van der Waals surface area contributed by atoms with E-state index in [4.69, 9.17) is 11.6 Å². The predicted molar refractivity (Wildman–Crippen MR) is 114 cm³/mol. The Kier molecular flexibility index (Phi) is 9.01. The van der Waals surface area contributed by atoms with Gasteiger partial charge in [0.2, 0.25) is 5.91 Å². The number of aliphatic imine (C=N–C) groups is 1. The zero-order valence-electron chi connectivity index (χ0n) is 15.6. The van der Waals surface area contributed by atoms with Crippen LogP contribution in [0.3, 0.4) is 0 Å². The van der Waals surface area contributed by atoms with E-state index in [-0.39, 0.29) is 12.5 Å². The van der Waals surface area contributed by atoms with Gasteiger partial charge in [0.15, 0.2) is 5.96 Å². The zero-order chi connectivity index (χ0) is 19.5. The van der Waals surface area contributed by atoms with Crippen LogP contribution in [0, 0.1) is 0 Å². The van der Waals surface area contributed by atoms with Crippen molar-refractivity contribution < 1.29 is 4.79 Å². The predicted octanol–water partition coefficient (Wildman–Crippen LogP) is 3.26. The van der Waals surface area contributed by atoms with Gasteiger partial charge in [0.25, 0.3) is 0 Å². The maximum atomic E-state index is 11.8. The molecule has 0 atom stereocenters. The Morgan fingerprint density at radius 3 is 2.44 bits per heavy atom. The number of carbonyl (C=O) groups excluding carboxylic acids is 1. The smallest absolute Gasteiger partial charge is 0.241 e. The number of carbonyl (C=O) groups is 1. The average Bonchev–Trinajstić information content (AvgIpc) is 2.68. The molecule has 0 radical (unpaired) electrons. The maximum absolute atomic E-state index is 11.8. The van der Waals surface area contributed by atoms with E-state index in [1.54, 1.807) is 30.8 Å².